The molecule has 1 aliphatic rings. The number of ether oxygens (including phenoxy) is 3. The van der Waals surface area contributed by atoms with Crippen molar-refractivity contribution in [2.24, 2.45) is 0 Å². The Morgan fingerprint density at radius 1 is 1.07 bits per heavy atom. The molecule has 9 nitrogen and oxygen atoms in total. The fourth-order valence-electron chi connectivity index (χ4n) is 3.31. The van der Waals surface area contributed by atoms with Crippen LogP contribution in [0.1, 0.15) is 25.3 Å². The van der Waals surface area contributed by atoms with Crippen molar-refractivity contribution in [2.75, 3.05) is 27.4 Å². The molecule has 28 heavy (non-hydrogen) atoms. The molecule has 3 rings (SSSR count). The minimum Gasteiger partial charge on any atom is -0.466 e. The fourth-order valence-corrected chi connectivity index (χ4v) is 3.31. The van der Waals surface area contributed by atoms with E-state index >= 15 is 0 Å². The van der Waals surface area contributed by atoms with E-state index in [1.165, 1.54) is 14.2 Å². The van der Waals surface area contributed by atoms with E-state index in [0.29, 0.717) is 33.6 Å². The molecule has 0 bridgehead atoms. The highest BCUT2D eigenvalue weighted by Crippen LogP contribution is 2.41. The molecular formula is C19H21N3O6. The summed E-state index contributed by atoms with van der Waals surface area (Å²) < 4.78 is 20.1. The van der Waals surface area contributed by atoms with Crippen molar-refractivity contribution in [3.8, 4) is 0 Å². The van der Waals surface area contributed by atoms with E-state index in [2.05, 4.69) is 15.6 Å². The van der Waals surface area contributed by atoms with Gasteiger partial charge in [-0.05, 0) is 35.8 Å². The van der Waals surface area contributed by atoms with Crippen LogP contribution in [0.4, 0.5) is 0 Å². The third-order valence-corrected chi connectivity index (χ3v) is 4.53. The molecule has 1 aliphatic heterocycles. The number of carbonyl (C=O) groups excluding carboxylic acids is 2. The molecule has 1 aromatic heterocycles. The van der Waals surface area contributed by atoms with Crippen molar-refractivity contribution in [1.82, 2.24) is 15.6 Å². The van der Waals surface area contributed by atoms with Crippen LogP contribution in [0.5, 0.6) is 0 Å². The summed E-state index contributed by atoms with van der Waals surface area (Å²) in [6.45, 7) is 3.85. The smallest absolute Gasteiger partial charge is 0.336 e. The van der Waals surface area contributed by atoms with Crippen LogP contribution < -0.4 is 5.32 Å². The molecule has 1 atom stereocenters. The Balaban J connectivity index is 2.16. The summed E-state index contributed by atoms with van der Waals surface area (Å²) in [5, 5.41) is 10.9. The molecule has 9 heteroatoms. The summed E-state index contributed by atoms with van der Waals surface area (Å²) in [5.74, 6) is -1.87. The molecule has 2 heterocycles. The van der Waals surface area contributed by atoms with Gasteiger partial charge in [0.1, 0.15) is 17.6 Å². The Labute approximate surface area is 161 Å². The first-order valence-electron chi connectivity index (χ1n) is 8.63. The van der Waals surface area contributed by atoms with Crippen molar-refractivity contribution >= 4 is 23.0 Å². The van der Waals surface area contributed by atoms with Crippen molar-refractivity contribution < 1.29 is 28.4 Å². The number of carbonyl (C=O) groups is 2. The lowest BCUT2D eigenvalue weighted by Crippen LogP contribution is -2.32. The predicted molar refractivity (Wildman–Crippen MR) is 97.9 cm³/mol. The third-order valence-electron chi connectivity index (χ3n) is 4.53. The maximum atomic E-state index is 12.9. The van der Waals surface area contributed by atoms with Gasteiger partial charge in [-0.15, -0.1) is 0 Å². The molecule has 0 saturated heterocycles. The van der Waals surface area contributed by atoms with Gasteiger partial charge in [-0.2, -0.15) is 0 Å². The van der Waals surface area contributed by atoms with Gasteiger partial charge < -0.3 is 19.5 Å². The number of aromatic nitrogens is 2. The summed E-state index contributed by atoms with van der Waals surface area (Å²) >= 11 is 0. The highest BCUT2D eigenvalue weighted by atomic mass is 16.6. The number of hydrogen-bond acceptors (Lipinski definition) is 9. The Morgan fingerprint density at radius 3 is 2.46 bits per heavy atom. The first kappa shape index (κ1) is 19.6. The first-order chi connectivity index (χ1) is 13.5. The Kier molecular flexibility index (Phi) is 5.74. The van der Waals surface area contributed by atoms with E-state index in [-0.39, 0.29) is 18.8 Å². The summed E-state index contributed by atoms with van der Waals surface area (Å²) in [7, 11) is 2.81. The van der Waals surface area contributed by atoms with E-state index in [9.17, 15) is 9.59 Å². The second-order valence-corrected chi connectivity index (χ2v) is 6.23. The summed E-state index contributed by atoms with van der Waals surface area (Å²) in [6.07, 6.45) is 0. The maximum absolute atomic E-state index is 12.9. The van der Waals surface area contributed by atoms with E-state index in [4.69, 9.17) is 18.8 Å². The minimum atomic E-state index is -0.751. The van der Waals surface area contributed by atoms with Gasteiger partial charge in [-0.1, -0.05) is 12.1 Å². The van der Waals surface area contributed by atoms with E-state index in [1.54, 1.807) is 32.0 Å². The zero-order chi connectivity index (χ0) is 20.3. The Bertz CT molecular complexity index is 975. The lowest BCUT2D eigenvalue weighted by Gasteiger charge is -2.30. The number of nitrogens with one attached hydrogen (secondary N) is 1. The van der Waals surface area contributed by atoms with Gasteiger partial charge in [0.05, 0.1) is 30.8 Å². The quantitative estimate of drug-likeness (QED) is 0.586. The molecule has 2 aromatic rings. The SMILES string of the molecule is COCCOC(=O)C1=C(C)NC(C)=C(C(=O)OC)C1c1cccc2nonc12. The average Bonchev–Trinajstić information content (AvgIpc) is 3.15. The van der Waals surface area contributed by atoms with Crippen LogP contribution in [-0.4, -0.2) is 49.7 Å². The number of methoxy groups -OCH3 is 2. The van der Waals surface area contributed by atoms with Crippen LogP contribution in [0.3, 0.4) is 0 Å². The standard InChI is InChI=1S/C19H21N3O6/c1-10-14(18(23)26-4)16(12-6-5-7-13-17(12)22-28-21-13)15(11(2)20-10)19(24)27-9-8-25-3/h5-7,16,20H,8-9H2,1-4H3. The highest BCUT2D eigenvalue weighted by molar-refractivity contribution is 6.01. The molecule has 0 saturated carbocycles. The largest absolute Gasteiger partial charge is 0.466 e. The number of esters is 2. The number of benzene rings is 1. The van der Waals surface area contributed by atoms with E-state index < -0.39 is 17.9 Å². The molecular weight excluding hydrogens is 366 g/mol. The number of nitrogens with zero attached hydrogens (tertiary/aromatic N) is 2. The molecule has 1 N–H and O–H groups in total. The lowest BCUT2D eigenvalue weighted by molar-refractivity contribution is -0.140. The first-order valence-corrected chi connectivity index (χ1v) is 8.63. The van der Waals surface area contributed by atoms with Crippen molar-refractivity contribution in [3.05, 3.63) is 46.3 Å². The van der Waals surface area contributed by atoms with E-state index in [1.807, 2.05) is 0 Å². The van der Waals surface area contributed by atoms with Gasteiger partial charge in [0.25, 0.3) is 0 Å². The maximum Gasteiger partial charge on any atom is 0.336 e. The van der Waals surface area contributed by atoms with Gasteiger partial charge >= 0.3 is 11.9 Å². The third kappa shape index (κ3) is 3.48. The van der Waals surface area contributed by atoms with Crippen LogP contribution in [0.25, 0.3) is 11.0 Å². The molecule has 0 radical (unpaired) electrons. The zero-order valence-electron chi connectivity index (χ0n) is 16.1. The van der Waals surface area contributed by atoms with Gasteiger partial charge in [-0.3, -0.25) is 0 Å². The van der Waals surface area contributed by atoms with Crippen molar-refractivity contribution in [3.63, 3.8) is 0 Å². The number of rotatable bonds is 6. The second kappa shape index (κ2) is 8.22. The molecule has 0 aliphatic carbocycles. The molecule has 0 amide bonds. The summed E-state index contributed by atoms with van der Waals surface area (Å²) in [4.78, 5) is 25.5. The van der Waals surface area contributed by atoms with E-state index in [0.717, 1.165) is 0 Å². The van der Waals surface area contributed by atoms with Crippen LogP contribution in [0.15, 0.2) is 45.4 Å². The number of dihydropyridines is 1. The average molecular weight is 387 g/mol. The van der Waals surface area contributed by atoms with Gasteiger partial charge in [0.15, 0.2) is 0 Å². The van der Waals surface area contributed by atoms with Crippen molar-refractivity contribution in [2.45, 2.75) is 19.8 Å². The molecule has 0 spiro atoms. The zero-order valence-corrected chi connectivity index (χ0v) is 16.1. The number of allylic oxidation sites excluding steroid dienone is 2. The fraction of sp³-hybridized carbons (Fsp3) is 0.368. The van der Waals surface area contributed by atoms with Gasteiger partial charge in [0, 0.05) is 18.5 Å². The van der Waals surface area contributed by atoms with Crippen LogP contribution >= 0.6 is 0 Å². The highest BCUT2D eigenvalue weighted by Gasteiger charge is 2.39. The molecule has 0 fully saturated rings. The van der Waals surface area contributed by atoms with Crippen LogP contribution in [-0.2, 0) is 23.8 Å². The number of fused-ring (bicyclic) bond motifs is 1. The lowest BCUT2D eigenvalue weighted by atomic mass is 9.80. The Hall–Kier alpha value is -3.20. The van der Waals surface area contributed by atoms with Crippen LogP contribution in [0, 0.1) is 0 Å². The molecule has 1 unspecified atom stereocenters. The van der Waals surface area contributed by atoms with Crippen LogP contribution in [0.2, 0.25) is 0 Å². The summed E-state index contributed by atoms with van der Waals surface area (Å²) in [6, 6.07) is 5.27. The number of hydrogen-bond donors (Lipinski definition) is 1. The molecule has 148 valence electrons. The van der Waals surface area contributed by atoms with Crippen molar-refractivity contribution in [1.29, 1.82) is 0 Å². The topological polar surface area (TPSA) is 113 Å². The predicted octanol–water partition coefficient (Wildman–Crippen LogP) is 1.82. The van der Waals surface area contributed by atoms with Gasteiger partial charge in [0.2, 0.25) is 0 Å². The van der Waals surface area contributed by atoms with Gasteiger partial charge in [-0.25, -0.2) is 14.2 Å². The minimum absolute atomic E-state index is 0.0881. The normalized spacial score (nSPS) is 16.9. The summed E-state index contributed by atoms with van der Waals surface area (Å²) in [5.41, 5.74) is 3.31. The Morgan fingerprint density at radius 2 is 1.79 bits per heavy atom. The molecule has 1 aromatic carbocycles. The monoisotopic (exact) mass is 387 g/mol. The second-order valence-electron chi connectivity index (χ2n) is 6.23.